The van der Waals surface area contributed by atoms with E-state index >= 15 is 0 Å². The lowest BCUT2D eigenvalue weighted by Gasteiger charge is -2.04. The van der Waals surface area contributed by atoms with Crippen molar-refractivity contribution >= 4 is 28.8 Å². The van der Waals surface area contributed by atoms with Gasteiger partial charge in [-0.1, -0.05) is 46.6 Å². The third kappa shape index (κ3) is 4.13. The zero-order valence-electron chi connectivity index (χ0n) is 15.0. The molecule has 7 heteroatoms. The Kier molecular flexibility index (Phi) is 5.23. The second-order valence-corrected chi connectivity index (χ2v) is 7.79. The molecule has 28 heavy (non-hydrogen) atoms. The number of carbonyl (C=O) groups is 1. The summed E-state index contributed by atoms with van der Waals surface area (Å²) in [5.41, 5.74) is 2.97. The number of hydrogen-bond acceptors (Lipinski definition) is 5. The van der Waals surface area contributed by atoms with E-state index in [-0.39, 0.29) is 5.91 Å². The molecule has 0 aliphatic carbocycles. The van der Waals surface area contributed by atoms with Crippen molar-refractivity contribution in [1.82, 2.24) is 15.5 Å². The average Bonchev–Trinajstić information content (AvgIpc) is 3.36. The number of aryl methyl sites for hydroxylation is 1. The summed E-state index contributed by atoms with van der Waals surface area (Å²) in [7, 11) is 0. The molecule has 2 heterocycles. The van der Waals surface area contributed by atoms with Crippen LogP contribution in [-0.4, -0.2) is 16.0 Å². The highest BCUT2D eigenvalue weighted by Gasteiger charge is 2.15. The maximum absolute atomic E-state index is 12.4. The molecule has 0 bridgehead atoms. The first-order chi connectivity index (χ1) is 13.6. The van der Waals surface area contributed by atoms with Crippen molar-refractivity contribution in [3.05, 3.63) is 81.7 Å². The van der Waals surface area contributed by atoms with Crippen molar-refractivity contribution in [3.63, 3.8) is 0 Å². The molecule has 4 rings (SSSR count). The third-order valence-electron chi connectivity index (χ3n) is 4.12. The fourth-order valence-electron chi connectivity index (χ4n) is 2.63. The molecule has 0 fully saturated rings. The molecule has 0 atom stereocenters. The van der Waals surface area contributed by atoms with Gasteiger partial charge >= 0.3 is 0 Å². The normalized spacial score (nSPS) is 10.8. The topological polar surface area (TPSA) is 68.0 Å². The Labute approximate surface area is 171 Å². The van der Waals surface area contributed by atoms with Gasteiger partial charge in [0, 0.05) is 17.1 Å². The van der Waals surface area contributed by atoms with Gasteiger partial charge in [-0.25, -0.2) is 0 Å². The lowest BCUT2D eigenvalue weighted by atomic mass is 10.1. The van der Waals surface area contributed by atoms with E-state index in [0.717, 1.165) is 21.6 Å². The van der Waals surface area contributed by atoms with Gasteiger partial charge < -0.3 is 9.84 Å². The molecular formula is C21H16ClN3O2S. The van der Waals surface area contributed by atoms with Crippen molar-refractivity contribution in [2.24, 2.45) is 0 Å². The van der Waals surface area contributed by atoms with Crippen molar-refractivity contribution in [3.8, 4) is 22.2 Å². The van der Waals surface area contributed by atoms with Crippen LogP contribution in [0.5, 0.6) is 0 Å². The van der Waals surface area contributed by atoms with Crippen LogP contribution in [0.4, 0.5) is 0 Å². The Morgan fingerprint density at radius 3 is 2.75 bits per heavy atom. The van der Waals surface area contributed by atoms with E-state index < -0.39 is 0 Å². The predicted molar refractivity (Wildman–Crippen MR) is 110 cm³/mol. The number of amides is 1. The third-order valence-corrected chi connectivity index (χ3v) is 5.43. The van der Waals surface area contributed by atoms with Gasteiger partial charge in [0.2, 0.25) is 5.82 Å². The molecule has 0 aliphatic rings. The Hall–Kier alpha value is -2.96. The fraction of sp³-hybridized carbons (Fsp3) is 0.0952. The van der Waals surface area contributed by atoms with Crippen molar-refractivity contribution in [2.45, 2.75) is 13.5 Å². The lowest BCUT2D eigenvalue weighted by molar-refractivity contribution is 0.0955. The van der Waals surface area contributed by atoms with Crippen LogP contribution >= 0.6 is 22.9 Å². The van der Waals surface area contributed by atoms with Gasteiger partial charge in [0.25, 0.3) is 11.8 Å². The van der Waals surface area contributed by atoms with E-state index in [1.165, 1.54) is 11.3 Å². The molecule has 0 saturated heterocycles. The maximum atomic E-state index is 12.4. The standard InChI is InChI=1S/C21H16ClN3O2S/c1-13-5-7-15(8-6-13)21-24-19(25-27-21)17-9-10-18(28-17)20(26)23-12-14-3-2-4-16(22)11-14/h2-11H,12H2,1H3,(H,23,26). The van der Waals surface area contributed by atoms with Gasteiger partial charge in [-0.3, -0.25) is 4.79 Å². The maximum Gasteiger partial charge on any atom is 0.261 e. The zero-order valence-corrected chi connectivity index (χ0v) is 16.6. The van der Waals surface area contributed by atoms with Gasteiger partial charge in [-0.15, -0.1) is 11.3 Å². The highest BCUT2D eigenvalue weighted by atomic mass is 35.5. The SMILES string of the molecule is Cc1ccc(-c2nc(-c3ccc(C(=O)NCc4cccc(Cl)c4)s3)no2)cc1. The quantitative estimate of drug-likeness (QED) is 0.482. The number of benzene rings is 2. The molecule has 0 radical (unpaired) electrons. The van der Waals surface area contributed by atoms with Crippen LogP contribution in [-0.2, 0) is 6.54 Å². The van der Waals surface area contributed by atoms with Gasteiger partial charge in [0.05, 0.1) is 9.75 Å². The van der Waals surface area contributed by atoms with E-state index in [4.69, 9.17) is 16.1 Å². The smallest absolute Gasteiger partial charge is 0.261 e. The van der Waals surface area contributed by atoms with E-state index in [2.05, 4.69) is 15.5 Å². The summed E-state index contributed by atoms with van der Waals surface area (Å²) < 4.78 is 5.36. The monoisotopic (exact) mass is 409 g/mol. The van der Waals surface area contributed by atoms with Crippen LogP contribution in [0.2, 0.25) is 5.02 Å². The number of nitrogens with zero attached hydrogens (tertiary/aromatic N) is 2. The van der Waals surface area contributed by atoms with Crippen LogP contribution in [0, 0.1) is 6.92 Å². The molecule has 1 amide bonds. The van der Waals surface area contributed by atoms with Crippen LogP contribution < -0.4 is 5.32 Å². The van der Waals surface area contributed by atoms with E-state index in [9.17, 15) is 4.79 Å². The van der Waals surface area contributed by atoms with E-state index in [1.807, 2.05) is 55.5 Å². The van der Waals surface area contributed by atoms with Crippen molar-refractivity contribution in [1.29, 1.82) is 0 Å². The number of carbonyl (C=O) groups excluding carboxylic acids is 1. The van der Waals surface area contributed by atoms with E-state index in [0.29, 0.717) is 28.2 Å². The number of aromatic nitrogens is 2. The van der Waals surface area contributed by atoms with Gasteiger partial charge in [-0.2, -0.15) is 4.98 Å². The van der Waals surface area contributed by atoms with Crippen molar-refractivity contribution in [2.75, 3.05) is 0 Å². The molecule has 0 spiro atoms. The molecule has 140 valence electrons. The van der Waals surface area contributed by atoms with E-state index in [1.54, 1.807) is 12.1 Å². The summed E-state index contributed by atoms with van der Waals surface area (Å²) in [6.45, 7) is 2.43. The molecule has 0 aliphatic heterocycles. The molecule has 2 aromatic heterocycles. The minimum absolute atomic E-state index is 0.154. The summed E-state index contributed by atoms with van der Waals surface area (Å²) in [6.07, 6.45) is 0. The average molecular weight is 410 g/mol. The minimum Gasteiger partial charge on any atom is -0.347 e. The summed E-state index contributed by atoms with van der Waals surface area (Å²) in [5.74, 6) is 0.767. The Morgan fingerprint density at radius 2 is 1.96 bits per heavy atom. The summed E-state index contributed by atoms with van der Waals surface area (Å²) in [4.78, 5) is 18.2. The number of thiophene rings is 1. The molecule has 2 aromatic carbocycles. The Bertz CT molecular complexity index is 1120. The van der Waals surface area contributed by atoms with Crippen LogP contribution in [0.1, 0.15) is 20.8 Å². The first kappa shape index (κ1) is 18.4. The van der Waals surface area contributed by atoms with Crippen LogP contribution in [0.25, 0.3) is 22.2 Å². The highest BCUT2D eigenvalue weighted by molar-refractivity contribution is 7.17. The number of rotatable bonds is 5. The van der Waals surface area contributed by atoms with Gasteiger partial charge in [-0.05, 0) is 48.9 Å². The summed E-state index contributed by atoms with van der Waals surface area (Å²) >= 11 is 7.29. The Morgan fingerprint density at radius 1 is 1.14 bits per heavy atom. The fourth-order valence-corrected chi connectivity index (χ4v) is 3.69. The predicted octanol–water partition coefficient (Wildman–Crippen LogP) is 5.36. The molecule has 5 nitrogen and oxygen atoms in total. The van der Waals surface area contributed by atoms with Gasteiger partial charge in [0.1, 0.15) is 0 Å². The van der Waals surface area contributed by atoms with Crippen LogP contribution in [0.15, 0.2) is 65.2 Å². The molecule has 4 aromatic rings. The summed E-state index contributed by atoms with van der Waals surface area (Å²) in [6, 6.07) is 18.8. The minimum atomic E-state index is -0.154. The number of halogens is 1. The first-order valence-electron chi connectivity index (χ1n) is 8.62. The number of hydrogen-bond donors (Lipinski definition) is 1. The summed E-state index contributed by atoms with van der Waals surface area (Å²) in [5, 5.41) is 7.58. The Balaban J connectivity index is 1.45. The zero-order chi connectivity index (χ0) is 19.5. The molecule has 0 saturated carbocycles. The highest BCUT2D eigenvalue weighted by Crippen LogP contribution is 2.28. The number of nitrogens with one attached hydrogen (secondary N) is 1. The first-order valence-corrected chi connectivity index (χ1v) is 9.81. The molecular weight excluding hydrogens is 394 g/mol. The van der Waals surface area contributed by atoms with Crippen LogP contribution in [0.3, 0.4) is 0 Å². The lowest BCUT2D eigenvalue weighted by Crippen LogP contribution is -2.21. The largest absolute Gasteiger partial charge is 0.347 e. The van der Waals surface area contributed by atoms with Crippen molar-refractivity contribution < 1.29 is 9.32 Å². The van der Waals surface area contributed by atoms with Gasteiger partial charge in [0.15, 0.2) is 0 Å². The molecule has 0 unspecified atom stereocenters. The molecule has 1 N–H and O–H groups in total. The second kappa shape index (κ2) is 7.96. The second-order valence-electron chi connectivity index (χ2n) is 6.27.